The first-order valence-electron chi connectivity index (χ1n) is 6.56. The molecule has 0 unspecified atom stereocenters. The molecule has 1 saturated carbocycles. The molecule has 0 bridgehead atoms. The van der Waals surface area contributed by atoms with Gasteiger partial charge in [-0.05, 0) is 19.8 Å². The second kappa shape index (κ2) is 5.34. The molecule has 1 N–H and O–H groups in total. The van der Waals surface area contributed by atoms with E-state index < -0.39 is 0 Å². The minimum atomic E-state index is -0.0191. The first kappa shape index (κ1) is 12.1. The molecule has 4 nitrogen and oxygen atoms in total. The van der Waals surface area contributed by atoms with Gasteiger partial charge in [-0.1, -0.05) is 26.2 Å². The molecule has 2 rings (SSSR count). The van der Waals surface area contributed by atoms with Crippen LogP contribution in [0.3, 0.4) is 0 Å². The number of nitrogens with zero attached hydrogens (tertiary/aromatic N) is 2. The lowest BCUT2D eigenvalue weighted by Crippen LogP contribution is -2.39. The Morgan fingerprint density at radius 3 is 2.82 bits per heavy atom. The summed E-state index contributed by atoms with van der Waals surface area (Å²) in [6.45, 7) is 3.94. The van der Waals surface area contributed by atoms with Gasteiger partial charge >= 0.3 is 6.03 Å². The molecule has 0 atom stereocenters. The van der Waals surface area contributed by atoms with E-state index in [1.54, 1.807) is 4.57 Å². The van der Waals surface area contributed by atoms with Crippen molar-refractivity contribution in [2.45, 2.75) is 58.4 Å². The minimum Gasteiger partial charge on any atom is -0.335 e. The summed E-state index contributed by atoms with van der Waals surface area (Å²) in [7, 11) is 0. The third kappa shape index (κ3) is 2.87. The molecule has 1 aliphatic carbocycles. The summed E-state index contributed by atoms with van der Waals surface area (Å²) >= 11 is 0. The average molecular weight is 235 g/mol. The standard InChI is InChI=1S/C13H21N3O/c1-3-12-14-10(2)9-16(12)13(17)15-11-7-5-4-6-8-11/h9,11H,3-8H2,1-2H3,(H,15,17). The highest BCUT2D eigenvalue weighted by atomic mass is 16.2. The normalized spacial score (nSPS) is 17.1. The molecule has 1 amide bonds. The maximum absolute atomic E-state index is 12.1. The number of carbonyl (C=O) groups is 1. The maximum atomic E-state index is 12.1. The summed E-state index contributed by atoms with van der Waals surface area (Å²) in [6, 6.07) is 0.331. The van der Waals surface area contributed by atoms with E-state index in [2.05, 4.69) is 10.3 Å². The third-order valence-corrected chi connectivity index (χ3v) is 3.37. The van der Waals surface area contributed by atoms with Crippen molar-refractivity contribution in [3.63, 3.8) is 0 Å². The topological polar surface area (TPSA) is 46.9 Å². The van der Waals surface area contributed by atoms with Crippen LogP contribution in [-0.2, 0) is 6.42 Å². The second-order valence-corrected chi connectivity index (χ2v) is 4.81. The van der Waals surface area contributed by atoms with Gasteiger partial charge in [-0.3, -0.25) is 4.57 Å². The average Bonchev–Trinajstić information content (AvgIpc) is 2.72. The lowest BCUT2D eigenvalue weighted by Gasteiger charge is -2.23. The van der Waals surface area contributed by atoms with E-state index in [1.165, 1.54) is 19.3 Å². The van der Waals surface area contributed by atoms with Crippen LogP contribution in [-0.4, -0.2) is 21.6 Å². The van der Waals surface area contributed by atoms with E-state index in [-0.39, 0.29) is 6.03 Å². The zero-order valence-corrected chi connectivity index (χ0v) is 10.7. The summed E-state index contributed by atoms with van der Waals surface area (Å²) < 4.78 is 1.66. The number of imidazole rings is 1. The van der Waals surface area contributed by atoms with Gasteiger partial charge in [-0.25, -0.2) is 9.78 Å². The lowest BCUT2D eigenvalue weighted by atomic mass is 9.96. The van der Waals surface area contributed by atoms with E-state index in [0.717, 1.165) is 30.8 Å². The van der Waals surface area contributed by atoms with Gasteiger partial charge in [0, 0.05) is 18.7 Å². The highest BCUT2D eigenvalue weighted by Crippen LogP contribution is 2.17. The molecule has 1 aromatic heterocycles. The van der Waals surface area contributed by atoms with Gasteiger partial charge in [-0.2, -0.15) is 0 Å². The molecular weight excluding hydrogens is 214 g/mol. The van der Waals surface area contributed by atoms with Crippen LogP contribution in [0, 0.1) is 6.92 Å². The summed E-state index contributed by atoms with van der Waals surface area (Å²) in [5.74, 6) is 0.843. The first-order chi connectivity index (χ1) is 8.20. The van der Waals surface area contributed by atoms with Gasteiger partial charge in [0.25, 0.3) is 0 Å². The predicted molar refractivity (Wildman–Crippen MR) is 67.1 cm³/mol. The van der Waals surface area contributed by atoms with E-state index in [9.17, 15) is 4.79 Å². The van der Waals surface area contributed by atoms with Crippen LogP contribution in [0.1, 0.15) is 50.5 Å². The smallest absolute Gasteiger partial charge is 0.327 e. The van der Waals surface area contributed by atoms with Gasteiger partial charge in [0.05, 0.1) is 5.69 Å². The van der Waals surface area contributed by atoms with Crippen molar-refractivity contribution in [1.82, 2.24) is 14.9 Å². The van der Waals surface area contributed by atoms with Gasteiger partial charge in [0.2, 0.25) is 0 Å². The molecule has 0 saturated heterocycles. The Kier molecular flexibility index (Phi) is 3.82. The highest BCUT2D eigenvalue weighted by molar-refractivity contribution is 5.77. The van der Waals surface area contributed by atoms with Crippen molar-refractivity contribution >= 4 is 6.03 Å². The van der Waals surface area contributed by atoms with Crippen LogP contribution in [0.5, 0.6) is 0 Å². The molecule has 1 aliphatic rings. The van der Waals surface area contributed by atoms with Crippen LogP contribution >= 0.6 is 0 Å². The number of amides is 1. The quantitative estimate of drug-likeness (QED) is 0.856. The number of hydrogen-bond acceptors (Lipinski definition) is 2. The predicted octanol–water partition coefficient (Wildman–Crippen LogP) is 2.64. The molecule has 1 aromatic rings. The Morgan fingerprint density at radius 2 is 2.18 bits per heavy atom. The Hall–Kier alpha value is -1.32. The van der Waals surface area contributed by atoms with E-state index in [4.69, 9.17) is 0 Å². The third-order valence-electron chi connectivity index (χ3n) is 3.37. The van der Waals surface area contributed by atoms with Crippen molar-refractivity contribution in [3.8, 4) is 0 Å². The number of rotatable bonds is 2. The van der Waals surface area contributed by atoms with E-state index >= 15 is 0 Å². The largest absolute Gasteiger partial charge is 0.335 e. The highest BCUT2D eigenvalue weighted by Gasteiger charge is 2.18. The van der Waals surface area contributed by atoms with Crippen LogP contribution in [0.2, 0.25) is 0 Å². The zero-order chi connectivity index (χ0) is 12.3. The van der Waals surface area contributed by atoms with Crippen molar-refractivity contribution in [1.29, 1.82) is 0 Å². The Morgan fingerprint density at radius 1 is 1.47 bits per heavy atom. The molecule has 0 radical (unpaired) electrons. The Bertz CT molecular complexity index is 391. The molecule has 17 heavy (non-hydrogen) atoms. The van der Waals surface area contributed by atoms with Gasteiger partial charge in [0.1, 0.15) is 5.82 Å². The molecule has 4 heteroatoms. The molecule has 0 aromatic carbocycles. The SMILES string of the molecule is CCc1nc(C)cn1C(=O)NC1CCCCC1. The fourth-order valence-corrected chi connectivity index (χ4v) is 2.46. The van der Waals surface area contributed by atoms with Crippen molar-refractivity contribution in [3.05, 3.63) is 17.7 Å². The summed E-state index contributed by atoms with van der Waals surface area (Å²) in [5, 5.41) is 3.11. The van der Waals surface area contributed by atoms with Gasteiger partial charge < -0.3 is 5.32 Å². The number of nitrogens with one attached hydrogen (secondary N) is 1. The number of carbonyl (C=O) groups excluding carboxylic acids is 1. The molecule has 94 valence electrons. The van der Waals surface area contributed by atoms with Crippen LogP contribution in [0.4, 0.5) is 4.79 Å². The fraction of sp³-hybridized carbons (Fsp3) is 0.692. The van der Waals surface area contributed by atoms with Crippen LogP contribution in [0.15, 0.2) is 6.20 Å². The minimum absolute atomic E-state index is 0.0191. The molecule has 0 spiro atoms. The van der Waals surface area contributed by atoms with Crippen LogP contribution < -0.4 is 5.32 Å². The second-order valence-electron chi connectivity index (χ2n) is 4.81. The van der Waals surface area contributed by atoms with Crippen molar-refractivity contribution < 1.29 is 4.79 Å². The number of aromatic nitrogens is 2. The zero-order valence-electron chi connectivity index (χ0n) is 10.7. The van der Waals surface area contributed by atoms with Gasteiger partial charge in [0.15, 0.2) is 0 Å². The van der Waals surface area contributed by atoms with E-state index in [1.807, 2.05) is 20.0 Å². The molecule has 0 aliphatic heterocycles. The Balaban J connectivity index is 2.02. The summed E-state index contributed by atoms with van der Waals surface area (Å²) in [6.07, 6.45) is 8.59. The number of aryl methyl sites for hydroxylation is 2. The van der Waals surface area contributed by atoms with Crippen molar-refractivity contribution in [2.75, 3.05) is 0 Å². The summed E-state index contributed by atoms with van der Waals surface area (Å²) in [4.78, 5) is 16.5. The van der Waals surface area contributed by atoms with Gasteiger partial charge in [-0.15, -0.1) is 0 Å². The first-order valence-corrected chi connectivity index (χ1v) is 6.56. The van der Waals surface area contributed by atoms with Crippen LogP contribution in [0.25, 0.3) is 0 Å². The summed E-state index contributed by atoms with van der Waals surface area (Å²) in [5.41, 5.74) is 0.903. The molecule has 1 heterocycles. The van der Waals surface area contributed by atoms with E-state index in [0.29, 0.717) is 6.04 Å². The fourth-order valence-electron chi connectivity index (χ4n) is 2.46. The van der Waals surface area contributed by atoms with Crippen molar-refractivity contribution in [2.24, 2.45) is 0 Å². The maximum Gasteiger partial charge on any atom is 0.327 e. The lowest BCUT2D eigenvalue weighted by molar-refractivity contribution is 0.233. The molecule has 1 fully saturated rings. The molecular formula is C13H21N3O. The monoisotopic (exact) mass is 235 g/mol. The Labute approximate surface area is 102 Å². The number of hydrogen-bond donors (Lipinski definition) is 1.